The molecule has 3 aliphatic rings. The van der Waals surface area contributed by atoms with Crippen LogP contribution in [0.15, 0.2) is 42.5 Å². The highest BCUT2D eigenvalue weighted by Gasteiger charge is 2.55. The summed E-state index contributed by atoms with van der Waals surface area (Å²) < 4.78 is 74.7. The van der Waals surface area contributed by atoms with Gasteiger partial charge in [-0.2, -0.15) is 13.2 Å². The highest BCUT2D eigenvalue weighted by atomic mass is 19.4. The lowest BCUT2D eigenvalue weighted by atomic mass is 9.61. The van der Waals surface area contributed by atoms with Crippen LogP contribution in [0.25, 0.3) is 0 Å². The van der Waals surface area contributed by atoms with E-state index < -0.39 is 52.0 Å². The fourth-order valence-electron chi connectivity index (χ4n) is 6.67. The zero-order valence-electron chi connectivity index (χ0n) is 22.5. The first-order valence-electron chi connectivity index (χ1n) is 13.7. The fraction of sp³-hybridized carbons (Fsp3) is 0.533. The summed E-state index contributed by atoms with van der Waals surface area (Å²) in [5, 5.41) is 20.4. The van der Waals surface area contributed by atoms with E-state index in [1.807, 2.05) is 0 Å². The van der Waals surface area contributed by atoms with Crippen LogP contribution in [0, 0.1) is 17.7 Å². The first-order valence-corrected chi connectivity index (χ1v) is 13.7. The summed E-state index contributed by atoms with van der Waals surface area (Å²) in [7, 11) is 0. The SMILES string of the molecule is CC(F)(c1ccc2c(c1)OCC1CN(C(=O)[C@]3(O)CC[C@@H](C(=O)O)CC3)CCC21Cc1ccc(F)cc1)C(F)(F)F. The number of amides is 1. The van der Waals surface area contributed by atoms with Crippen LogP contribution >= 0.6 is 0 Å². The molecule has 222 valence electrons. The Bertz CT molecular complexity index is 1320. The molecule has 3 atom stereocenters. The van der Waals surface area contributed by atoms with Crippen molar-refractivity contribution in [3.05, 3.63) is 65.0 Å². The van der Waals surface area contributed by atoms with Gasteiger partial charge in [-0.25, -0.2) is 8.78 Å². The number of carbonyl (C=O) groups is 2. The molecule has 2 heterocycles. The van der Waals surface area contributed by atoms with Crippen LogP contribution in [-0.2, 0) is 27.1 Å². The predicted octanol–water partition coefficient (Wildman–Crippen LogP) is 5.30. The van der Waals surface area contributed by atoms with Crippen molar-refractivity contribution in [1.29, 1.82) is 0 Å². The Morgan fingerprint density at radius 1 is 1.05 bits per heavy atom. The van der Waals surface area contributed by atoms with Gasteiger partial charge in [0.05, 0.1) is 12.5 Å². The molecule has 0 aromatic heterocycles. The van der Waals surface area contributed by atoms with Gasteiger partial charge >= 0.3 is 12.1 Å². The standard InChI is InChI=1S/C30H32F5NO5/c1-27(32,30(33,34)35)20-4-7-23-24(14-20)41-17-21-16-36(26(39)29(40)10-8-19(9-11-29)25(37)38)13-12-28(21,23)15-18-2-5-22(31)6-3-18/h2-7,14,19,21,40H,8-13,15-17H2,1H3,(H,37,38)/t19-,21?,27?,28?,29+. The van der Waals surface area contributed by atoms with E-state index in [9.17, 15) is 41.8 Å². The Hall–Kier alpha value is -3.21. The highest BCUT2D eigenvalue weighted by Crippen LogP contribution is 2.52. The van der Waals surface area contributed by atoms with Crippen LogP contribution in [0.5, 0.6) is 5.75 Å². The zero-order valence-corrected chi connectivity index (χ0v) is 22.5. The number of carbonyl (C=O) groups excluding carboxylic acids is 1. The quantitative estimate of drug-likeness (QED) is 0.468. The van der Waals surface area contributed by atoms with Crippen molar-refractivity contribution < 1.29 is 46.5 Å². The van der Waals surface area contributed by atoms with Crippen molar-refractivity contribution in [2.45, 2.75) is 68.3 Å². The second-order valence-corrected chi connectivity index (χ2v) is 11.8. The van der Waals surface area contributed by atoms with Crippen LogP contribution in [0.3, 0.4) is 0 Å². The number of piperidine rings is 1. The van der Waals surface area contributed by atoms with Crippen LogP contribution in [0.4, 0.5) is 22.0 Å². The first kappa shape index (κ1) is 29.3. The molecular weight excluding hydrogens is 549 g/mol. The molecule has 5 rings (SSSR count). The summed E-state index contributed by atoms with van der Waals surface area (Å²) in [6.07, 6.45) is -3.92. The van der Waals surface area contributed by atoms with Gasteiger partial charge in [0.2, 0.25) is 5.67 Å². The van der Waals surface area contributed by atoms with Gasteiger partial charge in [-0.05, 0) is 69.2 Å². The number of aliphatic hydroxyl groups is 1. The van der Waals surface area contributed by atoms with Gasteiger partial charge in [0.15, 0.2) is 0 Å². The van der Waals surface area contributed by atoms with Crippen molar-refractivity contribution in [3.63, 3.8) is 0 Å². The molecule has 41 heavy (non-hydrogen) atoms. The van der Waals surface area contributed by atoms with Gasteiger partial charge in [0.1, 0.15) is 17.2 Å². The predicted molar refractivity (Wildman–Crippen MR) is 137 cm³/mol. The molecule has 2 aliphatic heterocycles. The minimum absolute atomic E-state index is 0.0357. The number of nitrogens with zero attached hydrogens (tertiary/aromatic N) is 1. The Morgan fingerprint density at radius 3 is 2.32 bits per heavy atom. The zero-order chi connectivity index (χ0) is 29.8. The normalized spacial score (nSPS) is 29.5. The Labute approximate surface area is 234 Å². The molecular formula is C30H32F5NO5. The second kappa shape index (κ2) is 10.3. The van der Waals surface area contributed by atoms with Crippen molar-refractivity contribution in [1.82, 2.24) is 4.90 Å². The maximum atomic E-state index is 14.8. The molecule has 1 saturated heterocycles. The van der Waals surface area contributed by atoms with E-state index >= 15 is 0 Å². The molecule has 1 aliphatic carbocycles. The largest absolute Gasteiger partial charge is 0.493 e. The van der Waals surface area contributed by atoms with Gasteiger partial charge in [0.25, 0.3) is 5.91 Å². The number of hydrogen-bond donors (Lipinski definition) is 2. The van der Waals surface area contributed by atoms with E-state index in [0.29, 0.717) is 25.3 Å². The van der Waals surface area contributed by atoms with Gasteiger partial charge < -0.3 is 19.8 Å². The number of aliphatic carboxylic acids is 1. The molecule has 3 unspecified atom stereocenters. The van der Waals surface area contributed by atoms with Gasteiger partial charge in [-0.1, -0.05) is 24.3 Å². The molecule has 2 fully saturated rings. The molecule has 1 amide bonds. The molecule has 6 nitrogen and oxygen atoms in total. The average molecular weight is 582 g/mol. The number of fused-ring (bicyclic) bond motifs is 3. The van der Waals surface area contributed by atoms with Gasteiger partial charge in [-0.15, -0.1) is 0 Å². The number of carboxylic acid groups (broad SMARTS) is 1. The minimum Gasteiger partial charge on any atom is -0.493 e. The number of benzene rings is 2. The van der Waals surface area contributed by atoms with Crippen molar-refractivity contribution >= 4 is 11.9 Å². The van der Waals surface area contributed by atoms with Gasteiger partial charge in [-0.3, -0.25) is 9.59 Å². The first-order chi connectivity index (χ1) is 19.2. The van der Waals surface area contributed by atoms with Crippen LogP contribution in [0.1, 0.15) is 55.7 Å². The summed E-state index contributed by atoms with van der Waals surface area (Å²) in [6, 6.07) is 9.58. The molecule has 2 N–H and O–H groups in total. The molecule has 2 aromatic rings. The summed E-state index contributed by atoms with van der Waals surface area (Å²) in [6.45, 7) is 0.921. The average Bonchev–Trinajstić information content (AvgIpc) is 2.93. The summed E-state index contributed by atoms with van der Waals surface area (Å²) in [5.74, 6) is -2.64. The molecule has 0 radical (unpaired) electrons. The van der Waals surface area contributed by atoms with Crippen LogP contribution < -0.4 is 4.74 Å². The Kier molecular flexibility index (Phi) is 7.33. The van der Waals surface area contributed by atoms with E-state index in [2.05, 4.69) is 0 Å². The lowest BCUT2D eigenvalue weighted by Crippen LogP contribution is -2.60. The maximum Gasteiger partial charge on any atom is 0.426 e. The number of ether oxygens (including phenoxy) is 1. The van der Waals surface area contributed by atoms with Crippen molar-refractivity contribution in [3.8, 4) is 5.75 Å². The number of likely N-dealkylation sites (tertiary alicyclic amines) is 1. The third-order valence-corrected chi connectivity index (χ3v) is 9.36. The Morgan fingerprint density at radius 2 is 1.71 bits per heavy atom. The third kappa shape index (κ3) is 5.17. The summed E-state index contributed by atoms with van der Waals surface area (Å²) in [5.41, 5.74) is -5.18. The number of carboxylic acids is 1. The number of hydrogen-bond acceptors (Lipinski definition) is 4. The molecule has 2 aromatic carbocycles. The molecule has 0 spiro atoms. The van der Waals surface area contributed by atoms with Gasteiger partial charge in [0, 0.05) is 35.5 Å². The maximum absolute atomic E-state index is 14.8. The second-order valence-electron chi connectivity index (χ2n) is 11.8. The lowest BCUT2D eigenvalue weighted by Gasteiger charge is -2.52. The minimum atomic E-state index is -5.13. The van der Waals surface area contributed by atoms with E-state index in [4.69, 9.17) is 4.74 Å². The molecule has 1 saturated carbocycles. The third-order valence-electron chi connectivity index (χ3n) is 9.36. The van der Waals surface area contributed by atoms with E-state index in [-0.39, 0.29) is 57.0 Å². The van der Waals surface area contributed by atoms with Crippen molar-refractivity contribution in [2.75, 3.05) is 19.7 Å². The van der Waals surface area contributed by atoms with Crippen LogP contribution in [0.2, 0.25) is 0 Å². The number of alkyl halides is 4. The van der Waals surface area contributed by atoms with Crippen molar-refractivity contribution in [2.24, 2.45) is 11.8 Å². The monoisotopic (exact) mass is 581 g/mol. The lowest BCUT2D eigenvalue weighted by molar-refractivity contribution is -0.228. The van der Waals surface area contributed by atoms with E-state index in [1.54, 1.807) is 17.0 Å². The fourth-order valence-corrected chi connectivity index (χ4v) is 6.67. The van der Waals surface area contributed by atoms with E-state index in [1.165, 1.54) is 18.2 Å². The Balaban J connectivity index is 1.46. The molecule has 0 bridgehead atoms. The summed E-state index contributed by atoms with van der Waals surface area (Å²) >= 11 is 0. The summed E-state index contributed by atoms with van der Waals surface area (Å²) in [4.78, 5) is 26.4. The topological polar surface area (TPSA) is 87.1 Å². The van der Waals surface area contributed by atoms with E-state index in [0.717, 1.165) is 17.7 Å². The number of halogens is 5. The number of rotatable bonds is 5. The smallest absolute Gasteiger partial charge is 0.426 e. The van der Waals surface area contributed by atoms with Crippen LogP contribution in [-0.4, -0.2) is 58.5 Å². The highest BCUT2D eigenvalue weighted by molar-refractivity contribution is 5.85. The molecule has 11 heteroatoms.